The Balaban J connectivity index is 2.02. The van der Waals surface area contributed by atoms with Gasteiger partial charge < -0.3 is 10.2 Å². The van der Waals surface area contributed by atoms with Gasteiger partial charge in [0.25, 0.3) is 5.91 Å². The van der Waals surface area contributed by atoms with E-state index in [-0.39, 0.29) is 18.4 Å². The second kappa shape index (κ2) is 8.17. The quantitative estimate of drug-likeness (QED) is 0.573. The normalized spacial score (nSPS) is 19.4. The summed E-state index contributed by atoms with van der Waals surface area (Å²) in [6.45, 7) is 9.90. The maximum Gasteiger partial charge on any atom is 0.325 e. The molecule has 0 radical (unpaired) electrons. The third kappa shape index (κ3) is 4.50. The molecule has 6 heteroatoms. The lowest BCUT2D eigenvalue weighted by Gasteiger charge is -2.24. The molecule has 1 aromatic rings. The second-order valence-corrected chi connectivity index (χ2v) is 7.00. The highest BCUT2D eigenvalue weighted by atomic mass is 16.2. The van der Waals surface area contributed by atoms with Crippen molar-refractivity contribution in [1.82, 2.24) is 15.1 Å². The van der Waals surface area contributed by atoms with E-state index in [1.54, 1.807) is 11.8 Å². The van der Waals surface area contributed by atoms with Crippen molar-refractivity contribution in [2.75, 3.05) is 19.6 Å². The molecule has 1 atom stereocenters. The van der Waals surface area contributed by atoms with Crippen LogP contribution in [0.2, 0.25) is 0 Å². The molecule has 1 aliphatic heterocycles. The number of likely N-dealkylation sites (N-methyl/N-ethyl adjacent to an activating group) is 1. The Hall–Kier alpha value is -2.63. The van der Waals surface area contributed by atoms with Crippen LogP contribution in [0.5, 0.6) is 0 Å². The number of nitrogens with zero attached hydrogens (tertiary/aromatic N) is 2. The number of carbonyl (C=O) groups excluding carboxylic acids is 3. The average molecular weight is 357 g/mol. The summed E-state index contributed by atoms with van der Waals surface area (Å²) in [7, 11) is 0. The molecule has 4 amide bonds. The molecular formula is C20H27N3O3. The van der Waals surface area contributed by atoms with Crippen molar-refractivity contribution in [3.8, 4) is 0 Å². The van der Waals surface area contributed by atoms with E-state index >= 15 is 0 Å². The molecule has 26 heavy (non-hydrogen) atoms. The highest BCUT2D eigenvalue weighted by Crippen LogP contribution is 2.23. The first kappa shape index (κ1) is 19.7. The van der Waals surface area contributed by atoms with Crippen LogP contribution in [-0.2, 0) is 16.0 Å². The van der Waals surface area contributed by atoms with Gasteiger partial charge in [-0.15, -0.1) is 0 Å². The van der Waals surface area contributed by atoms with E-state index in [9.17, 15) is 14.4 Å². The summed E-state index contributed by atoms with van der Waals surface area (Å²) in [6, 6.07) is 9.29. The van der Waals surface area contributed by atoms with Crippen molar-refractivity contribution >= 4 is 17.8 Å². The Morgan fingerprint density at radius 3 is 2.50 bits per heavy atom. The van der Waals surface area contributed by atoms with E-state index in [4.69, 9.17) is 0 Å². The van der Waals surface area contributed by atoms with Gasteiger partial charge in [0.1, 0.15) is 12.1 Å². The first-order valence-corrected chi connectivity index (χ1v) is 8.87. The number of rotatable bonds is 8. The molecular weight excluding hydrogens is 330 g/mol. The second-order valence-electron chi connectivity index (χ2n) is 7.00. The van der Waals surface area contributed by atoms with E-state index in [0.717, 1.165) is 16.0 Å². The topological polar surface area (TPSA) is 69.7 Å². The average Bonchev–Trinajstić information content (AvgIpc) is 2.82. The van der Waals surface area contributed by atoms with Crippen LogP contribution in [0.3, 0.4) is 0 Å². The SMILES string of the molecule is C=C(C)CN(CC)C(=O)CN1C(=O)N[C@](C)(CCc2ccccc2)C1=O. The molecule has 1 saturated heterocycles. The predicted octanol–water partition coefficient (Wildman–Crippen LogP) is 2.35. The van der Waals surface area contributed by atoms with Gasteiger partial charge in [-0.2, -0.15) is 0 Å². The van der Waals surface area contributed by atoms with Gasteiger partial charge in [0.2, 0.25) is 5.91 Å². The molecule has 0 aliphatic carbocycles. The van der Waals surface area contributed by atoms with Crippen molar-refractivity contribution in [2.24, 2.45) is 0 Å². The number of hydrogen-bond donors (Lipinski definition) is 1. The molecule has 1 heterocycles. The minimum absolute atomic E-state index is 0.243. The zero-order valence-corrected chi connectivity index (χ0v) is 15.7. The van der Waals surface area contributed by atoms with Crippen molar-refractivity contribution in [1.29, 1.82) is 0 Å². The molecule has 0 unspecified atom stereocenters. The number of aryl methyl sites for hydroxylation is 1. The molecule has 1 aromatic carbocycles. The van der Waals surface area contributed by atoms with Crippen molar-refractivity contribution in [3.63, 3.8) is 0 Å². The van der Waals surface area contributed by atoms with Crippen molar-refractivity contribution in [2.45, 2.75) is 39.2 Å². The van der Waals surface area contributed by atoms with Crippen LogP contribution < -0.4 is 5.32 Å². The molecule has 1 fully saturated rings. The zero-order valence-electron chi connectivity index (χ0n) is 15.7. The molecule has 0 aromatic heterocycles. The lowest BCUT2D eigenvalue weighted by Crippen LogP contribution is -2.46. The molecule has 6 nitrogen and oxygen atoms in total. The third-order valence-electron chi connectivity index (χ3n) is 4.59. The van der Waals surface area contributed by atoms with E-state index in [2.05, 4.69) is 11.9 Å². The summed E-state index contributed by atoms with van der Waals surface area (Å²) >= 11 is 0. The van der Waals surface area contributed by atoms with Gasteiger partial charge in [-0.05, 0) is 39.2 Å². The van der Waals surface area contributed by atoms with Crippen molar-refractivity contribution < 1.29 is 14.4 Å². The van der Waals surface area contributed by atoms with Gasteiger partial charge in [-0.25, -0.2) is 4.79 Å². The highest BCUT2D eigenvalue weighted by molar-refractivity contribution is 6.08. The number of urea groups is 1. The highest BCUT2D eigenvalue weighted by Gasteiger charge is 2.48. The first-order chi connectivity index (χ1) is 12.3. The summed E-state index contributed by atoms with van der Waals surface area (Å²) in [5.41, 5.74) is 0.965. The summed E-state index contributed by atoms with van der Waals surface area (Å²) in [4.78, 5) is 40.1. The van der Waals surface area contributed by atoms with Crippen molar-refractivity contribution in [3.05, 3.63) is 48.0 Å². The number of amides is 4. The summed E-state index contributed by atoms with van der Waals surface area (Å²) in [5, 5.41) is 2.75. The molecule has 0 bridgehead atoms. The van der Waals surface area contributed by atoms with Crippen LogP contribution >= 0.6 is 0 Å². The zero-order chi connectivity index (χ0) is 19.3. The van der Waals surface area contributed by atoms with Gasteiger partial charge in [0.15, 0.2) is 0 Å². The van der Waals surface area contributed by atoms with Crippen LogP contribution in [0.4, 0.5) is 4.79 Å². The fourth-order valence-electron chi connectivity index (χ4n) is 3.04. The Bertz CT molecular complexity index is 702. The minimum atomic E-state index is -0.987. The number of imide groups is 1. The van der Waals surface area contributed by atoms with Gasteiger partial charge >= 0.3 is 6.03 Å². The van der Waals surface area contributed by atoms with Crippen LogP contribution in [0.15, 0.2) is 42.5 Å². The van der Waals surface area contributed by atoms with Crippen LogP contribution in [0.1, 0.15) is 32.8 Å². The van der Waals surface area contributed by atoms with E-state index in [1.165, 1.54) is 0 Å². The largest absolute Gasteiger partial charge is 0.337 e. The summed E-state index contributed by atoms with van der Waals surface area (Å²) in [5.74, 6) is -0.607. The predicted molar refractivity (Wildman–Crippen MR) is 100 cm³/mol. The lowest BCUT2D eigenvalue weighted by molar-refractivity contribution is -0.138. The van der Waals surface area contributed by atoms with Crippen LogP contribution in [0, 0.1) is 0 Å². The molecule has 1 aliphatic rings. The number of hydrogen-bond acceptors (Lipinski definition) is 3. The number of benzene rings is 1. The van der Waals surface area contributed by atoms with E-state index in [1.807, 2.05) is 44.2 Å². The molecule has 0 spiro atoms. The van der Waals surface area contributed by atoms with E-state index in [0.29, 0.717) is 25.9 Å². The maximum absolute atomic E-state index is 12.8. The monoisotopic (exact) mass is 357 g/mol. The standard InChI is InChI=1S/C20H27N3O3/c1-5-22(13-15(2)3)17(24)14-23-18(25)20(4,21-19(23)26)12-11-16-9-7-6-8-10-16/h6-10H,2,5,11-14H2,1,3-4H3,(H,21,26)/t20-/m1/s1. The Morgan fingerprint density at radius 2 is 1.92 bits per heavy atom. The summed E-state index contributed by atoms with van der Waals surface area (Å²) in [6.07, 6.45) is 1.15. The first-order valence-electron chi connectivity index (χ1n) is 8.87. The van der Waals surface area contributed by atoms with Gasteiger partial charge in [0, 0.05) is 13.1 Å². The minimum Gasteiger partial charge on any atom is -0.337 e. The molecule has 2 rings (SSSR count). The van der Waals surface area contributed by atoms with Gasteiger partial charge in [0.05, 0.1) is 0 Å². The third-order valence-corrected chi connectivity index (χ3v) is 4.59. The maximum atomic E-state index is 12.8. The van der Waals surface area contributed by atoms with Crippen LogP contribution in [-0.4, -0.2) is 52.8 Å². The molecule has 0 saturated carbocycles. The molecule has 140 valence electrons. The van der Waals surface area contributed by atoms with Gasteiger partial charge in [-0.1, -0.05) is 42.5 Å². The Kier molecular flexibility index (Phi) is 6.18. The van der Waals surface area contributed by atoms with Gasteiger partial charge in [-0.3, -0.25) is 14.5 Å². The number of carbonyl (C=O) groups is 3. The van der Waals surface area contributed by atoms with Crippen LogP contribution in [0.25, 0.3) is 0 Å². The Labute approximate surface area is 154 Å². The fourth-order valence-corrected chi connectivity index (χ4v) is 3.04. The smallest absolute Gasteiger partial charge is 0.325 e. The number of nitrogens with one attached hydrogen (secondary N) is 1. The summed E-state index contributed by atoms with van der Waals surface area (Å²) < 4.78 is 0. The van der Waals surface area contributed by atoms with E-state index < -0.39 is 11.6 Å². The Morgan fingerprint density at radius 1 is 1.27 bits per heavy atom. The molecule has 1 N–H and O–H groups in total. The fraction of sp³-hybridized carbons (Fsp3) is 0.450. The lowest BCUT2D eigenvalue weighted by atomic mass is 9.93.